The molecule has 0 fully saturated rings. The molecule has 0 heterocycles. The highest BCUT2D eigenvalue weighted by molar-refractivity contribution is 6.32. The molecule has 0 aromatic heterocycles. The first-order chi connectivity index (χ1) is 11.1. The molecular weight excluding hydrogens is 348 g/mol. The van der Waals surface area contributed by atoms with Crippen molar-refractivity contribution in [2.24, 2.45) is 0 Å². The largest absolute Gasteiger partial charge is 0.477 e. The van der Waals surface area contributed by atoms with Crippen molar-refractivity contribution in [2.45, 2.75) is 12.8 Å². The smallest absolute Gasteiger partial charge is 0.342 e. The number of nitro benzene ring substituents is 1. The number of aromatic carboxylic acids is 1. The summed E-state index contributed by atoms with van der Waals surface area (Å²) in [6.07, 6.45) is 0. The highest BCUT2D eigenvalue weighted by Gasteiger charge is 2.25. The Morgan fingerprint density at radius 1 is 1.29 bits per heavy atom. The molecule has 2 aromatic rings. The minimum atomic E-state index is -3.08. The van der Waals surface area contributed by atoms with Gasteiger partial charge in [0.25, 0.3) is 11.6 Å². The SMILES string of the molecule is CC(F)(F)c1ccc(Oc2ccc([N+](=O)[O-])c(C(=O)O)c2)c(Cl)c1. The van der Waals surface area contributed by atoms with Crippen LogP contribution in [0.2, 0.25) is 5.02 Å². The number of alkyl halides is 2. The minimum Gasteiger partial charge on any atom is -0.477 e. The van der Waals surface area contributed by atoms with E-state index in [1.165, 1.54) is 12.1 Å². The lowest BCUT2D eigenvalue weighted by molar-refractivity contribution is -0.385. The van der Waals surface area contributed by atoms with Crippen LogP contribution in [-0.4, -0.2) is 16.0 Å². The molecule has 2 aromatic carbocycles. The molecule has 0 aliphatic heterocycles. The van der Waals surface area contributed by atoms with Gasteiger partial charge in [0.2, 0.25) is 0 Å². The predicted octanol–water partition coefficient (Wildman–Crippen LogP) is 4.85. The van der Waals surface area contributed by atoms with Gasteiger partial charge in [-0.1, -0.05) is 11.6 Å². The van der Waals surface area contributed by atoms with Gasteiger partial charge in [-0.25, -0.2) is 13.6 Å². The van der Waals surface area contributed by atoms with Crippen molar-refractivity contribution in [3.8, 4) is 11.5 Å². The molecule has 0 bridgehead atoms. The number of hydrogen-bond donors (Lipinski definition) is 1. The molecule has 0 atom stereocenters. The van der Waals surface area contributed by atoms with Gasteiger partial charge in [0, 0.05) is 24.6 Å². The Labute approximate surface area is 139 Å². The Morgan fingerprint density at radius 2 is 1.96 bits per heavy atom. The molecule has 9 heteroatoms. The molecule has 0 amide bonds. The van der Waals surface area contributed by atoms with Crippen molar-refractivity contribution in [1.82, 2.24) is 0 Å². The van der Waals surface area contributed by atoms with Crippen LogP contribution in [0.5, 0.6) is 11.5 Å². The number of halogens is 3. The zero-order chi connectivity index (χ0) is 18.1. The van der Waals surface area contributed by atoms with Gasteiger partial charge in [0.15, 0.2) is 0 Å². The molecule has 24 heavy (non-hydrogen) atoms. The normalized spacial score (nSPS) is 11.2. The summed E-state index contributed by atoms with van der Waals surface area (Å²) in [7, 11) is 0. The van der Waals surface area contributed by atoms with Gasteiger partial charge in [0.1, 0.15) is 17.1 Å². The minimum absolute atomic E-state index is 0.00913. The van der Waals surface area contributed by atoms with Crippen molar-refractivity contribution in [1.29, 1.82) is 0 Å². The van der Waals surface area contributed by atoms with Crippen molar-refractivity contribution in [3.05, 3.63) is 62.7 Å². The van der Waals surface area contributed by atoms with Crippen LogP contribution < -0.4 is 4.74 Å². The lowest BCUT2D eigenvalue weighted by Gasteiger charge is -2.13. The van der Waals surface area contributed by atoms with E-state index in [0.29, 0.717) is 6.92 Å². The van der Waals surface area contributed by atoms with Crippen LogP contribution in [0.4, 0.5) is 14.5 Å². The summed E-state index contributed by atoms with van der Waals surface area (Å²) in [6.45, 7) is 0.717. The highest BCUT2D eigenvalue weighted by Crippen LogP contribution is 2.36. The molecule has 0 aliphatic rings. The van der Waals surface area contributed by atoms with E-state index in [1.807, 2.05) is 0 Å². The fourth-order valence-corrected chi connectivity index (χ4v) is 2.11. The van der Waals surface area contributed by atoms with Gasteiger partial charge in [-0.05, 0) is 24.3 Å². The maximum atomic E-state index is 13.2. The first-order valence-corrected chi connectivity index (χ1v) is 6.85. The third-order valence-corrected chi connectivity index (χ3v) is 3.36. The van der Waals surface area contributed by atoms with Crippen LogP contribution in [0.1, 0.15) is 22.8 Å². The monoisotopic (exact) mass is 357 g/mol. The van der Waals surface area contributed by atoms with Gasteiger partial charge in [-0.2, -0.15) is 0 Å². The number of nitro groups is 1. The lowest BCUT2D eigenvalue weighted by Crippen LogP contribution is -2.06. The second-order valence-corrected chi connectivity index (χ2v) is 5.28. The molecule has 126 valence electrons. The number of hydrogen-bond acceptors (Lipinski definition) is 4. The summed E-state index contributed by atoms with van der Waals surface area (Å²) < 4.78 is 31.8. The summed E-state index contributed by atoms with van der Waals surface area (Å²) in [5.41, 5.74) is -1.47. The second-order valence-electron chi connectivity index (χ2n) is 4.88. The average molecular weight is 358 g/mol. The maximum Gasteiger partial charge on any atom is 0.342 e. The predicted molar refractivity (Wildman–Crippen MR) is 81.1 cm³/mol. The Balaban J connectivity index is 2.37. The van der Waals surface area contributed by atoms with Gasteiger partial charge >= 0.3 is 5.97 Å². The zero-order valence-electron chi connectivity index (χ0n) is 12.1. The summed E-state index contributed by atoms with van der Waals surface area (Å²) in [4.78, 5) is 21.0. The number of carboxylic acid groups (broad SMARTS) is 1. The van der Waals surface area contributed by atoms with E-state index in [-0.39, 0.29) is 22.1 Å². The molecule has 2 rings (SSSR count). The molecule has 0 saturated heterocycles. The van der Waals surface area contributed by atoms with E-state index in [4.69, 9.17) is 21.4 Å². The van der Waals surface area contributed by atoms with Crippen molar-refractivity contribution >= 4 is 23.3 Å². The van der Waals surface area contributed by atoms with Crippen LogP contribution in [0.25, 0.3) is 0 Å². The standard InChI is InChI=1S/C15H10ClF2NO5/c1-15(17,18)8-2-5-13(11(16)6-8)24-9-3-4-12(19(22)23)10(7-9)14(20)21/h2-7H,1H3,(H,20,21). The first kappa shape index (κ1) is 17.6. The van der Waals surface area contributed by atoms with Crippen LogP contribution >= 0.6 is 11.6 Å². The first-order valence-electron chi connectivity index (χ1n) is 6.47. The lowest BCUT2D eigenvalue weighted by atomic mass is 10.1. The summed E-state index contributed by atoms with van der Waals surface area (Å²) in [5.74, 6) is -4.60. The highest BCUT2D eigenvalue weighted by atomic mass is 35.5. The molecule has 0 aliphatic carbocycles. The van der Waals surface area contributed by atoms with Crippen LogP contribution in [0, 0.1) is 10.1 Å². The van der Waals surface area contributed by atoms with Gasteiger partial charge in [-0.3, -0.25) is 10.1 Å². The molecule has 0 spiro atoms. The third kappa shape index (κ3) is 3.77. The topological polar surface area (TPSA) is 89.7 Å². The molecule has 6 nitrogen and oxygen atoms in total. The van der Waals surface area contributed by atoms with Crippen LogP contribution in [-0.2, 0) is 5.92 Å². The van der Waals surface area contributed by atoms with Gasteiger partial charge < -0.3 is 9.84 Å². The van der Waals surface area contributed by atoms with Crippen LogP contribution in [0.3, 0.4) is 0 Å². The Hall–Kier alpha value is -2.74. The van der Waals surface area contributed by atoms with Crippen molar-refractivity contribution in [3.63, 3.8) is 0 Å². The number of nitrogens with zero attached hydrogens (tertiary/aromatic N) is 1. The second kappa shape index (κ2) is 6.40. The summed E-state index contributed by atoms with van der Waals surface area (Å²) in [5, 5.41) is 19.7. The fraction of sp³-hybridized carbons (Fsp3) is 0.133. The number of carboxylic acids is 1. The van der Waals surface area contributed by atoms with E-state index in [0.717, 1.165) is 24.3 Å². The molecular formula is C15H10ClF2NO5. The quantitative estimate of drug-likeness (QED) is 0.610. The number of ether oxygens (including phenoxy) is 1. The fourth-order valence-electron chi connectivity index (χ4n) is 1.89. The summed E-state index contributed by atoms with van der Waals surface area (Å²) >= 11 is 5.89. The Kier molecular flexibility index (Phi) is 4.70. The average Bonchev–Trinajstić information content (AvgIpc) is 2.47. The van der Waals surface area contributed by atoms with Crippen molar-refractivity contribution < 1.29 is 28.3 Å². The zero-order valence-corrected chi connectivity index (χ0v) is 12.9. The van der Waals surface area contributed by atoms with Gasteiger partial charge in [-0.15, -0.1) is 0 Å². The maximum absolute atomic E-state index is 13.2. The van der Waals surface area contributed by atoms with E-state index < -0.39 is 28.1 Å². The van der Waals surface area contributed by atoms with E-state index in [1.54, 1.807) is 0 Å². The summed E-state index contributed by atoms with van der Waals surface area (Å²) in [6, 6.07) is 6.46. The third-order valence-electron chi connectivity index (χ3n) is 3.06. The van der Waals surface area contributed by atoms with Crippen molar-refractivity contribution in [2.75, 3.05) is 0 Å². The van der Waals surface area contributed by atoms with E-state index in [2.05, 4.69) is 0 Å². The Morgan fingerprint density at radius 3 is 2.46 bits per heavy atom. The molecule has 0 unspecified atom stereocenters. The molecule has 0 saturated carbocycles. The number of rotatable bonds is 5. The van der Waals surface area contributed by atoms with E-state index in [9.17, 15) is 23.7 Å². The number of carbonyl (C=O) groups is 1. The van der Waals surface area contributed by atoms with Crippen LogP contribution in [0.15, 0.2) is 36.4 Å². The number of benzene rings is 2. The Bertz CT molecular complexity index is 820. The molecule has 1 N–H and O–H groups in total. The van der Waals surface area contributed by atoms with E-state index >= 15 is 0 Å². The van der Waals surface area contributed by atoms with Gasteiger partial charge in [0.05, 0.1) is 9.95 Å². The molecule has 0 radical (unpaired) electrons.